The molecule has 0 aliphatic heterocycles. The van der Waals surface area contributed by atoms with Crippen LogP contribution in [0.1, 0.15) is 5.56 Å². The summed E-state index contributed by atoms with van der Waals surface area (Å²) in [5, 5.41) is 8.74. The molecule has 0 amide bonds. The Balaban J connectivity index is 2.73. The Bertz CT molecular complexity index is 548. The fraction of sp³-hybridized carbons (Fsp3) is 0.545. The van der Waals surface area contributed by atoms with Crippen molar-refractivity contribution in [3.63, 3.8) is 0 Å². The standard InChI is InChI=1S/C11H18N4O4/c1-8-6-15(11(19)13-10(8)18)5-4-14(3-2-12)7-9(16)17/h6H,2-5,7,12H2,1H3,(H,16,17)(H,13,18,19). The molecule has 0 unspecified atom stereocenters. The van der Waals surface area contributed by atoms with Gasteiger partial charge in [-0.1, -0.05) is 0 Å². The summed E-state index contributed by atoms with van der Waals surface area (Å²) in [5.41, 5.74) is 4.92. The van der Waals surface area contributed by atoms with Crippen molar-refractivity contribution in [3.05, 3.63) is 32.6 Å². The number of carboxylic acids is 1. The van der Waals surface area contributed by atoms with E-state index < -0.39 is 17.2 Å². The molecule has 0 bridgehead atoms. The maximum absolute atomic E-state index is 11.5. The van der Waals surface area contributed by atoms with Gasteiger partial charge in [0.05, 0.1) is 6.54 Å². The Morgan fingerprint density at radius 1 is 1.47 bits per heavy atom. The lowest BCUT2D eigenvalue weighted by atomic mass is 10.4. The minimum Gasteiger partial charge on any atom is -0.480 e. The largest absolute Gasteiger partial charge is 0.480 e. The molecule has 0 fully saturated rings. The maximum atomic E-state index is 11.5. The molecule has 0 saturated carbocycles. The zero-order valence-corrected chi connectivity index (χ0v) is 10.8. The predicted octanol–water partition coefficient (Wildman–Crippen LogP) is -1.81. The molecule has 1 aromatic heterocycles. The van der Waals surface area contributed by atoms with E-state index in [9.17, 15) is 14.4 Å². The average Bonchev–Trinajstić information content (AvgIpc) is 2.31. The third kappa shape index (κ3) is 4.68. The molecule has 0 aromatic carbocycles. The highest BCUT2D eigenvalue weighted by Crippen LogP contribution is 1.91. The van der Waals surface area contributed by atoms with Gasteiger partial charge in [0.15, 0.2) is 0 Å². The van der Waals surface area contributed by atoms with Gasteiger partial charge in [-0.05, 0) is 6.92 Å². The number of nitrogens with two attached hydrogens (primary N) is 1. The van der Waals surface area contributed by atoms with Gasteiger partial charge >= 0.3 is 11.7 Å². The second-order valence-corrected chi connectivity index (χ2v) is 4.22. The van der Waals surface area contributed by atoms with Gasteiger partial charge < -0.3 is 10.8 Å². The molecule has 19 heavy (non-hydrogen) atoms. The summed E-state index contributed by atoms with van der Waals surface area (Å²) in [6.07, 6.45) is 1.46. The molecule has 1 aromatic rings. The van der Waals surface area contributed by atoms with E-state index in [-0.39, 0.29) is 6.54 Å². The molecule has 106 valence electrons. The molecule has 0 saturated heterocycles. The van der Waals surface area contributed by atoms with Gasteiger partial charge in [-0.3, -0.25) is 24.0 Å². The molecule has 0 aliphatic carbocycles. The SMILES string of the molecule is Cc1cn(CCN(CCN)CC(=O)O)c(=O)[nH]c1=O. The van der Waals surface area contributed by atoms with Gasteiger partial charge in [-0.15, -0.1) is 0 Å². The first kappa shape index (κ1) is 15.1. The van der Waals surface area contributed by atoms with Crippen LogP contribution in [0.2, 0.25) is 0 Å². The van der Waals surface area contributed by atoms with Crippen molar-refractivity contribution >= 4 is 5.97 Å². The molecule has 0 spiro atoms. The predicted molar refractivity (Wildman–Crippen MR) is 69.2 cm³/mol. The topological polar surface area (TPSA) is 121 Å². The number of aryl methyl sites for hydroxylation is 1. The zero-order valence-electron chi connectivity index (χ0n) is 10.8. The van der Waals surface area contributed by atoms with Crippen LogP contribution in [0.4, 0.5) is 0 Å². The second-order valence-electron chi connectivity index (χ2n) is 4.22. The van der Waals surface area contributed by atoms with Gasteiger partial charge in [0.25, 0.3) is 5.56 Å². The second kappa shape index (κ2) is 6.86. The van der Waals surface area contributed by atoms with Crippen molar-refractivity contribution < 1.29 is 9.90 Å². The minimum atomic E-state index is -0.946. The zero-order chi connectivity index (χ0) is 14.4. The van der Waals surface area contributed by atoms with Crippen LogP contribution in [0.15, 0.2) is 15.8 Å². The van der Waals surface area contributed by atoms with Gasteiger partial charge in [0.2, 0.25) is 0 Å². The first-order chi connectivity index (χ1) is 8.93. The van der Waals surface area contributed by atoms with E-state index in [0.717, 1.165) is 0 Å². The Kier molecular flexibility index (Phi) is 5.46. The lowest BCUT2D eigenvalue weighted by molar-refractivity contribution is -0.138. The Morgan fingerprint density at radius 3 is 2.74 bits per heavy atom. The number of aromatic amines is 1. The first-order valence-corrected chi connectivity index (χ1v) is 5.88. The summed E-state index contributed by atoms with van der Waals surface area (Å²) in [7, 11) is 0. The number of hydrogen-bond donors (Lipinski definition) is 3. The average molecular weight is 270 g/mol. The van der Waals surface area contributed by atoms with Gasteiger partial charge in [-0.2, -0.15) is 0 Å². The molecule has 0 atom stereocenters. The number of rotatable bonds is 7. The highest BCUT2D eigenvalue weighted by Gasteiger charge is 2.09. The van der Waals surface area contributed by atoms with Crippen LogP contribution in [0.25, 0.3) is 0 Å². The molecule has 8 nitrogen and oxygen atoms in total. The highest BCUT2D eigenvalue weighted by atomic mass is 16.4. The summed E-state index contributed by atoms with van der Waals surface area (Å²) in [6, 6.07) is 0. The van der Waals surface area contributed by atoms with Crippen LogP contribution < -0.4 is 17.0 Å². The lowest BCUT2D eigenvalue weighted by Crippen LogP contribution is -2.39. The highest BCUT2D eigenvalue weighted by molar-refractivity contribution is 5.69. The van der Waals surface area contributed by atoms with E-state index in [1.807, 2.05) is 0 Å². The van der Waals surface area contributed by atoms with Crippen LogP contribution in [-0.4, -0.2) is 51.7 Å². The lowest BCUT2D eigenvalue weighted by Gasteiger charge is -2.19. The van der Waals surface area contributed by atoms with Crippen LogP contribution >= 0.6 is 0 Å². The number of aliphatic carboxylic acids is 1. The molecule has 1 heterocycles. The molecule has 1 rings (SSSR count). The number of nitrogens with one attached hydrogen (secondary N) is 1. The Morgan fingerprint density at radius 2 is 2.16 bits per heavy atom. The number of hydrogen-bond acceptors (Lipinski definition) is 5. The van der Waals surface area contributed by atoms with Crippen molar-refractivity contribution in [1.29, 1.82) is 0 Å². The third-order valence-corrected chi connectivity index (χ3v) is 2.65. The molecular weight excluding hydrogens is 252 g/mol. The van der Waals surface area contributed by atoms with Crippen LogP contribution in [-0.2, 0) is 11.3 Å². The summed E-state index contributed by atoms with van der Waals surface area (Å²) in [6.45, 7) is 2.91. The van der Waals surface area contributed by atoms with Gasteiger partial charge in [0.1, 0.15) is 0 Å². The fourth-order valence-electron chi connectivity index (χ4n) is 1.68. The smallest absolute Gasteiger partial charge is 0.328 e. The van der Waals surface area contributed by atoms with Crippen LogP contribution in [0, 0.1) is 6.92 Å². The van der Waals surface area contributed by atoms with E-state index >= 15 is 0 Å². The van der Waals surface area contributed by atoms with Crippen molar-refractivity contribution in [2.24, 2.45) is 5.73 Å². The maximum Gasteiger partial charge on any atom is 0.328 e. The van der Waals surface area contributed by atoms with Crippen molar-refractivity contribution in [3.8, 4) is 0 Å². The van der Waals surface area contributed by atoms with Gasteiger partial charge in [-0.25, -0.2) is 4.79 Å². The molecule has 4 N–H and O–H groups in total. The van der Waals surface area contributed by atoms with E-state index in [1.54, 1.807) is 11.8 Å². The molecule has 0 radical (unpaired) electrons. The summed E-state index contributed by atoms with van der Waals surface area (Å²) in [5.74, 6) is -0.946. The summed E-state index contributed by atoms with van der Waals surface area (Å²) >= 11 is 0. The molecule has 8 heteroatoms. The van der Waals surface area contributed by atoms with E-state index in [2.05, 4.69) is 4.98 Å². The fourth-order valence-corrected chi connectivity index (χ4v) is 1.68. The number of carboxylic acid groups (broad SMARTS) is 1. The van der Waals surface area contributed by atoms with E-state index in [0.29, 0.717) is 31.7 Å². The van der Waals surface area contributed by atoms with Crippen molar-refractivity contribution in [2.75, 3.05) is 26.2 Å². The number of carbonyl (C=O) groups is 1. The minimum absolute atomic E-state index is 0.131. The van der Waals surface area contributed by atoms with Crippen LogP contribution in [0.3, 0.4) is 0 Å². The summed E-state index contributed by atoms with van der Waals surface area (Å²) < 4.78 is 1.35. The van der Waals surface area contributed by atoms with Crippen molar-refractivity contribution in [1.82, 2.24) is 14.5 Å². The van der Waals surface area contributed by atoms with E-state index in [4.69, 9.17) is 10.8 Å². The quantitative estimate of drug-likeness (QED) is 0.537. The number of nitrogens with zero attached hydrogens (tertiary/aromatic N) is 2. The van der Waals surface area contributed by atoms with E-state index in [1.165, 1.54) is 10.8 Å². The Labute approximate surface area is 109 Å². The number of aromatic nitrogens is 2. The van der Waals surface area contributed by atoms with Gasteiger partial charge in [0, 0.05) is 37.9 Å². The van der Waals surface area contributed by atoms with Crippen molar-refractivity contribution in [2.45, 2.75) is 13.5 Å². The first-order valence-electron chi connectivity index (χ1n) is 5.88. The monoisotopic (exact) mass is 270 g/mol. The third-order valence-electron chi connectivity index (χ3n) is 2.65. The Hall–Kier alpha value is -1.93. The van der Waals surface area contributed by atoms with Crippen LogP contribution in [0.5, 0.6) is 0 Å². The summed E-state index contributed by atoms with van der Waals surface area (Å²) in [4.78, 5) is 37.2. The molecular formula is C11H18N4O4. The normalized spacial score (nSPS) is 10.9. The molecule has 0 aliphatic rings. The number of H-pyrrole nitrogens is 1.